The first-order chi connectivity index (χ1) is 6.63. The number of aliphatic hydroxyl groups excluding tert-OH is 1. The molecule has 1 aromatic carbocycles. The normalized spacial score (nSPS) is 12.9. The lowest BCUT2D eigenvalue weighted by Gasteiger charge is -2.10. The molecule has 78 valence electrons. The van der Waals surface area contributed by atoms with E-state index in [2.05, 4.69) is 4.74 Å². The summed E-state index contributed by atoms with van der Waals surface area (Å²) >= 11 is 0. The van der Waals surface area contributed by atoms with Crippen molar-refractivity contribution in [2.75, 3.05) is 0 Å². The first kappa shape index (κ1) is 10.9. The van der Waals surface area contributed by atoms with Crippen LogP contribution in [-0.2, 0) is 0 Å². The summed E-state index contributed by atoms with van der Waals surface area (Å²) < 4.78 is 27.9. The molecule has 0 unspecified atom stereocenters. The molecule has 0 radical (unpaired) electrons. The van der Waals surface area contributed by atoms with E-state index in [1.165, 1.54) is 12.1 Å². The van der Waals surface area contributed by atoms with Gasteiger partial charge in [0, 0.05) is 0 Å². The van der Waals surface area contributed by atoms with Crippen molar-refractivity contribution in [3.8, 4) is 5.75 Å². The molecule has 0 fully saturated rings. The van der Waals surface area contributed by atoms with E-state index in [0.717, 1.165) is 0 Å². The van der Waals surface area contributed by atoms with Gasteiger partial charge < -0.3 is 9.84 Å². The van der Waals surface area contributed by atoms with Crippen molar-refractivity contribution < 1.29 is 18.6 Å². The van der Waals surface area contributed by atoms with Gasteiger partial charge in [0.25, 0.3) is 0 Å². The third kappa shape index (κ3) is 2.96. The molecule has 0 heterocycles. The maximum atomic E-state index is 11.9. The zero-order valence-electron chi connectivity index (χ0n) is 7.78. The van der Waals surface area contributed by atoms with E-state index in [1.807, 2.05) is 6.92 Å². The SMILES string of the molecule is CC[C@@H](O)c1cccc(OC(F)F)c1. The Morgan fingerprint density at radius 3 is 2.71 bits per heavy atom. The van der Waals surface area contributed by atoms with Crippen LogP contribution in [0.25, 0.3) is 0 Å². The summed E-state index contributed by atoms with van der Waals surface area (Å²) in [6, 6.07) is 6.09. The number of aliphatic hydroxyl groups is 1. The Balaban J connectivity index is 2.78. The average molecular weight is 202 g/mol. The number of hydrogen-bond acceptors (Lipinski definition) is 2. The van der Waals surface area contributed by atoms with Gasteiger partial charge in [-0.1, -0.05) is 19.1 Å². The first-order valence-electron chi connectivity index (χ1n) is 4.36. The summed E-state index contributed by atoms with van der Waals surface area (Å²) in [5.74, 6) is 0.0741. The van der Waals surface area contributed by atoms with Crippen LogP contribution in [0.4, 0.5) is 8.78 Å². The Kier molecular flexibility index (Phi) is 3.83. The third-order valence-corrected chi connectivity index (χ3v) is 1.85. The van der Waals surface area contributed by atoms with Crippen LogP contribution in [0.15, 0.2) is 24.3 Å². The van der Waals surface area contributed by atoms with Crippen LogP contribution in [0.1, 0.15) is 25.0 Å². The quantitative estimate of drug-likeness (QED) is 0.813. The van der Waals surface area contributed by atoms with Gasteiger partial charge in [-0.3, -0.25) is 0 Å². The topological polar surface area (TPSA) is 29.5 Å². The van der Waals surface area contributed by atoms with Crippen LogP contribution >= 0.6 is 0 Å². The number of rotatable bonds is 4. The highest BCUT2D eigenvalue weighted by Crippen LogP contribution is 2.22. The molecule has 2 nitrogen and oxygen atoms in total. The predicted octanol–water partition coefficient (Wildman–Crippen LogP) is 2.73. The van der Waals surface area contributed by atoms with Crippen LogP contribution in [0, 0.1) is 0 Å². The van der Waals surface area contributed by atoms with Crippen LogP contribution in [0.3, 0.4) is 0 Å². The molecule has 1 atom stereocenters. The van der Waals surface area contributed by atoms with Crippen LogP contribution in [0.2, 0.25) is 0 Å². The Hall–Kier alpha value is -1.16. The summed E-state index contributed by atoms with van der Waals surface area (Å²) in [6.07, 6.45) is -0.0887. The zero-order chi connectivity index (χ0) is 10.6. The zero-order valence-corrected chi connectivity index (χ0v) is 7.78. The smallest absolute Gasteiger partial charge is 0.387 e. The molecular weight excluding hydrogens is 190 g/mol. The monoisotopic (exact) mass is 202 g/mol. The summed E-state index contributed by atoms with van der Waals surface area (Å²) in [6.45, 7) is -1.02. The average Bonchev–Trinajstić information content (AvgIpc) is 2.16. The minimum absolute atomic E-state index is 0.0741. The van der Waals surface area contributed by atoms with E-state index in [-0.39, 0.29) is 5.75 Å². The van der Waals surface area contributed by atoms with E-state index in [1.54, 1.807) is 12.1 Å². The van der Waals surface area contributed by atoms with Gasteiger partial charge in [0.15, 0.2) is 0 Å². The number of ether oxygens (including phenoxy) is 1. The maximum absolute atomic E-state index is 11.9. The highest BCUT2D eigenvalue weighted by atomic mass is 19.3. The summed E-state index contributed by atoms with van der Waals surface area (Å²) in [5, 5.41) is 9.44. The van der Waals surface area contributed by atoms with Gasteiger partial charge in [-0.25, -0.2) is 0 Å². The molecule has 0 aliphatic carbocycles. The van der Waals surface area contributed by atoms with Crippen molar-refractivity contribution in [1.29, 1.82) is 0 Å². The molecule has 0 amide bonds. The van der Waals surface area contributed by atoms with E-state index in [4.69, 9.17) is 0 Å². The number of benzene rings is 1. The van der Waals surface area contributed by atoms with Gasteiger partial charge in [-0.2, -0.15) is 8.78 Å². The minimum atomic E-state index is -2.83. The largest absolute Gasteiger partial charge is 0.435 e. The van der Waals surface area contributed by atoms with Gasteiger partial charge in [0.1, 0.15) is 5.75 Å². The summed E-state index contributed by atoms with van der Waals surface area (Å²) in [5.41, 5.74) is 0.589. The van der Waals surface area contributed by atoms with Crippen LogP contribution < -0.4 is 4.74 Å². The van der Waals surface area contributed by atoms with Gasteiger partial charge in [0.2, 0.25) is 0 Å². The molecule has 14 heavy (non-hydrogen) atoms. The third-order valence-electron chi connectivity index (χ3n) is 1.85. The van der Waals surface area contributed by atoms with Crippen molar-refractivity contribution in [3.05, 3.63) is 29.8 Å². The molecule has 0 bridgehead atoms. The van der Waals surface area contributed by atoms with Gasteiger partial charge >= 0.3 is 6.61 Å². The highest BCUT2D eigenvalue weighted by Gasteiger charge is 2.08. The lowest BCUT2D eigenvalue weighted by atomic mass is 10.1. The molecular formula is C10H12F2O2. The Morgan fingerprint density at radius 1 is 1.43 bits per heavy atom. The van der Waals surface area contributed by atoms with Crippen molar-refractivity contribution in [2.24, 2.45) is 0 Å². The van der Waals surface area contributed by atoms with E-state index >= 15 is 0 Å². The van der Waals surface area contributed by atoms with Crippen molar-refractivity contribution in [3.63, 3.8) is 0 Å². The minimum Gasteiger partial charge on any atom is -0.435 e. The van der Waals surface area contributed by atoms with Gasteiger partial charge in [0.05, 0.1) is 6.10 Å². The fraction of sp³-hybridized carbons (Fsp3) is 0.400. The van der Waals surface area contributed by atoms with E-state index < -0.39 is 12.7 Å². The second kappa shape index (κ2) is 4.91. The second-order valence-corrected chi connectivity index (χ2v) is 2.88. The van der Waals surface area contributed by atoms with Gasteiger partial charge in [-0.15, -0.1) is 0 Å². The maximum Gasteiger partial charge on any atom is 0.387 e. The van der Waals surface area contributed by atoms with Crippen LogP contribution in [-0.4, -0.2) is 11.7 Å². The number of alkyl halides is 2. The molecule has 1 rings (SSSR count). The number of hydrogen-bond donors (Lipinski definition) is 1. The lowest BCUT2D eigenvalue weighted by molar-refractivity contribution is -0.0499. The molecule has 0 saturated heterocycles. The summed E-state index contributed by atoms with van der Waals surface area (Å²) in [4.78, 5) is 0. The van der Waals surface area contributed by atoms with Crippen molar-refractivity contribution >= 4 is 0 Å². The fourth-order valence-electron chi connectivity index (χ4n) is 1.13. The molecule has 0 aliphatic heterocycles. The van der Waals surface area contributed by atoms with Crippen molar-refractivity contribution in [1.82, 2.24) is 0 Å². The Bertz CT molecular complexity index is 289. The summed E-state index contributed by atoms with van der Waals surface area (Å²) in [7, 11) is 0. The standard InChI is InChI=1S/C10H12F2O2/c1-2-9(13)7-4-3-5-8(6-7)14-10(11)12/h3-6,9-10,13H,2H2,1H3/t9-/m1/s1. The Labute approximate surface area is 81.1 Å². The van der Waals surface area contributed by atoms with Crippen molar-refractivity contribution in [2.45, 2.75) is 26.1 Å². The second-order valence-electron chi connectivity index (χ2n) is 2.88. The molecule has 0 aromatic heterocycles. The number of halogens is 2. The van der Waals surface area contributed by atoms with E-state index in [9.17, 15) is 13.9 Å². The molecule has 1 aromatic rings. The molecule has 0 spiro atoms. The molecule has 0 aliphatic rings. The Morgan fingerprint density at radius 2 is 2.14 bits per heavy atom. The predicted molar refractivity (Wildman–Crippen MR) is 48.3 cm³/mol. The molecule has 1 N–H and O–H groups in total. The van der Waals surface area contributed by atoms with Crippen LogP contribution in [0.5, 0.6) is 5.75 Å². The van der Waals surface area contributed by atoms with E-state index in [0.29, 0.717) is 12.0 Å². The fourth-order valence-corrected chi connectivity index (χ4v) is 1.13. The first-order valence-corrected chi connectivity index (χ1v) is 4.36. The highest BCUT2D eigenvalue weighted by molar-refractivity contribution is 5.29. The lowest BCUT2D eigenvalue weighted by Crippen LogP contribution is -2.03. The molecule has 0 saturated carbocycles. The molecule has 4 heteroatoms. The van der Waals surface area contributed by atoms with Gasteiger partial charge in [-0.05, 0) is 24.1 Å².